The van der Waals surface area contributed by atoms with Crippen LogP contribution in [0.3, 0.4) is 0 Å². The zero-order valence-corrected chi connectivity index (χ0v) is 13.0. The summed E-state index contributed by atoms with van der Waals surface area (Å²) in [4.78, 5) is 0.392. The molecule has 0 saturated carbocycles. The van der Waals surface area contributed by atoms with E-state index in [0.717, 1.165) is 19.4 Å². The number of sulfone groups is 1. The standard InChI is InChI=1S/C15H23NO3S/c1-3-11-20(17,18)14-8-5-4-7-13(14)16-12-15(2)9-6-10-19-15/h4-5,7-8,16H,3,6,9-12H2,1-2H3. The summed E-state index contributed by atoms with van der Waals surface area (Å²) in [7, 11) is -3.21. The second kappa shape index (κ2) is 6.14. The predicted molar refractivity (Wildman–Crippen MR) is 80.9 cm³/mol. The Kier molecular flexibility index (Phi) is 4.70. The molecule has 2 rings (SSSR count). The minimum atomic E-state index is -3.21. The summed E-state index contributed by atoms with van der Waals surface area (Å²) >= 11 is 0. The van der Waals surface area contributed by atoms with Gasteiger partial charge in [-0.2, -0.15) is 0 Å². The summed E-state index contributed by atoms with van der Waals surface area (Å²) in [5, 5.41) is 3.26. The molecule has 4 nitrogen and oxygen atoms in total. The highest BCUT2D eigenvalue weighted by Gasteiger charge is 2.30. The van der Waals surface area contributed by atoms with Gasteiger partial charge in [0, 0.05) is 13.2 Å². The molecule has 0 spiro atoms. The summed E-state index contributed by atoms with van der Waals surface area (Å²) in [6.45, 7) is 5.36. The molecule has 1 aromatic rings. The molecule has 0 radical (unpaired) electrons. The van der Waals surface area contributed by atoms with E-state index < -0.39 is 9.84 Å². The Morgan fingerprint density at radius 1 is 1.35 bits per heavy atom. The van der Waals surface area contributed by atoms with E-state index in [1.807, 2.05) is 19.1 Å². The van der Waals surface area contributed by atoms with Crippen LogP contribution in [-0.4, -0.2) is 32.9 Å². The lowest BCUT2D eigenvalue weighted by atomic mass is 10.0. The normalized spacial score (nSPS) is 22.9. The monoisotopic (exact) mass is 297 g/mol. The van der Waals surface area contributed by atoms with Crippen LogP contribution in [0, 0.1) is 0 Å². The first-order valence-corrected chi connectivity index (χ1v) is 8.82. The van der Waals surface area contributed by atoms with Crippen molar-refractivity contribution in [3.8, 4) is 0 Å². The van der Waals surface area contributed by atoms with Crippen LogP contribution < -0.4 is 5.32 Å². The quantitative estimate of drug-likeness (QED) is 0.877. The fourth-order valence-corrected chi connectivity index (χ4v) is 4.04. The van der Waals surface area contributed by atoms with Crippen LogP contribution in [0.15, 0.2) is 29.2 Å². The van der Waals surface area contributed by atoms with E-state index in [1.54, 1.807) is 12.1 Å². The second-order valence-electron chi connectivity index (χ2n) is 5.57. The summed E-state index contributed by atoms with van der Waals surface area (Å²) in [6, 6.07) is 7.11. The Hall–Kier alpha value is -1.07. The van der Waals surface area contributed by atoms with Crippen molar-refractivity contribution in [3.63, 3.8) is 0 Å². The summed E-state index contributed by atoms with van der Waals surface area (Å²) in [5.41, 5.74) is 0.486. The van der Waals surface area contributed by atoms with Gasteiger partial charge in [-0.25, -0.2) is 8.42 Å². The Morgan fingerprint density at radius 3 is 2.75 bits per heavy atom. The molecule has 1 aromatic carbocycles. The highest BCUT2D eigenvalue weighted by atomic mass is 32.2. The highest BCUT2D eigenvalue weighted by Crippen LogP contribution is 2.28. The summed E-state index contributed by atoms with van der Waals surface area (Å²) < 4.78 is 30.2. The van der Waals surface area contributed by atoms with Gasteiger partial charge in [-0.15, -0.1) is 0 Å². The molecule has 1 heterocycles. The van der Waals surface area contributed by atoms with Crippen LogP contribution in [0.25, 0.3) is 0 Å². The van der Waals surface area contributed by atoms with Crippen molar-refractivity contribution < 1.29 is 13.2 Å². The van der Waals surface area contributed by atoms with Crippen LogP contribution in [0.2, 0.25) is 0 Å². The zero-order valence-electron chi connectivity index (χ0n) is 12.2. The Morgan fingerprint density at radius 2 is 2.10 bits per heavy atom. The van der Waals surface area contributed by atoms with Crippen molar-refractivity contribution in [1.29, 1.82) is 0 Å². The molecule has 5 heteroatoms. The number of hydrogen-bond acceptors (Lipinski definition) is 4. The SMILES string of the molecule is CCCS(=O)(=O)c1ccccc1NCC1(C)CCCO1. The Balaban J connectivity index is 2.16. The van der Waals surface area contributed by atoms with Crippen molar-refractivity contribution in [2.45, 2.75) is 43.6 Å². The largest absolute Gasteiger partial charge is 0.381 e. The van der Waals surface area contributed by atoms with Gasteiger partial charge in [-0.1, -0.05) is 19.1 Å². The Labute approximate surface area is 121 Å². The molecule has 1 aliphatic rings. The first-order chi connectivity index (χ1) is 9.47. The van der Waals surface area contributed by atoms with Crippen molar-refractivity contribution in [3.05, 3.63) is 24.3 Å². The first-order valence-electron chi connectivity index (χ1n) is 7.16. The van der Waals surface area contributed by atoms with E-state index in [4.69, 9.17) is 4.74 Å². The topological polar surface area (TPSA) is 55.4 Å². The molecule has 0 aliphatic carbocycles. The molecule has 112 valence electrons. The van der Waals surface area contributed by atoms with Gasteiger partial charge in [0.15, 0.2) is 9.84 Å². The van der Waals surface area contributed by atoms with Gasteiger partial charge >= 0.3 is 0 Å². The maximum absolute atomic E-state index is 12.3. The van der Waals surface area contributed by atoms with Crippen molar-refractivity contribution in [2.24, 2.45) is 0 Å². The third kappa shape index (κ3) is 3.52. The molecule has 1 unspecified atom stereocenters. The number of ether oxygens (including phenoxy) is 1. The van der Waals surface area contributed by atoms with Crippen molar-refractivity contribution in [1.82, 2.24) is 0 Å². The van der Waals surface area contributed by atoms with E-state index >= 15 is 0 Å². The number of hydrogen-bond donors (Lipinski definition) is 1. The minimum absolute atomic E-state index is 0.180. The van der Waals surface area contributed by atoms with Crippen LogP contribution in [-0.2, 0) is 14.6 Å². The van der Waals surface area contributed by atoms with Crippen LogP contribution in [0.1, 0.15) is 33.1 Å². The smallest absolute Gasteiger partial charge is 0.180 e. The maximum atomic E-state index is 12.3. The molecule has 1 N–H and O–H groups in total. The van der Waals surface area contributed by atoms with E-state index in [0.29, 0.717) is 23.5 Å². The van der Waals surface area contributed by atoms with Gasteiger partial charge < -0.3 is 10.1 Å². The Bertz CT molecular complexity index is 548. The third-order valence-electron chi connectivity index (χ3n) is 3.65. The van der Waals surface area contributed by atoms with Gasteiger partial charge in [0.2, 0.25) is 0 Å². The van der Waals surface area contributed by atoms with E-state index in [1.165, 1.54) is 0 Å². The molecule has 0 amide bonds. The zero-order chi connectivity index (χ0) is 14.6. The highest BCUT2D eigenvalue weighted by molar-refractivity contribution is 7.91. The van der Waals surface area contributed by atoms with Gasteiger partial charge in [-0.05, 0) is 38.3 Å². The van der Waals surface area contributed by atoms with Crippen molar-refractivity contribution >= 4 is 15.5 Å². The molecule has 1 fully saturated rings. The number of benzene rings is 1. The molecule has 1 atom stereocenters. The third-order valence-corrected chi connectivity index (χ3v) is 5.62. The minimum Gasteiger partial charge on any atom is -0.381 e. The molecular formula is C15H23NO3S. The molecular weight excluding hydrogens is 274 g/mol. The van der Waals surface area contributed by atoms with Crippen molar-refractivity contribution in [2.75, 3.05) is 24.2 Å². The van der Waals surface area contributed by atoms with Gasteiger partial charge in [0.1, 0.15) is 0 Å². The first kappa shape index (κ1) is 15.3. The van der Waals surface area contributed by atoms with E-state index in [-0.39, 0.29) is 11.4 Å². The molecule has 1 saturated heterocycles. The van der Waals surface area contributed by atoms with Gasteiger partial charge in [-0.3, -0.25) is 0 Å². The molecule has 20 heavy (non-hydrogen) atoms. The molecule has 1 aliphatic heterocycles. The lowest BCUT2D eigenvalue weighted by Gasteiger charge is -2.24. The fraction of sp³-hybridized carbons (Fsp3) is 0.600. The molecule has 0 aromatic heterocycles. The molecule has 0 bridgehead atoms. The maximum Gasteiger partial charge on any atom is 0.180 e. The average molecular weight is 297 g/mol. The summed E-state index contributed by atoms with van der Waals surface area (Å²) in [6.07, 6.45) is 2.69. The summed E-state index contributed by atoms with van der Waals surface area (Å²) in [5.74, 6) is 0.180. The predicted octanol–water partition coefficient (Wildman–Crippen LogP) is 2.85. The lowest BCUT2D eigenvalue weighted by molar-refractivity contribution is 0.0315. The average Bonchev–Trinajstić information content (AvgIpc) is 2.84. The van der Waals surface area contributed by atoms with Crippen LogP contribution >= 0.6 is 0 Å². The van der Waals surface area contributed by atoms with E-state index in [2.05, 4.69) is 12.2 Å². The number of rotatable bonds is 6. The number of anilines is 1. The van der Waals surface area contributed by atoms with Gasteiger partial charge in [0.25, 0.3) is 0 Å². The van der Waals surface area contributed by atoms with Gasteiger partial charge in [0.05, 0.1) is 21.9 Å². The fourth-order valence-electron chi connectivity index (χ4n) is 2.52. The van der Waals surface area contributed by atoms with E-state index in [9.17, 15) is 8.42 Å². The lowest BCUT2D eigenvalue weighted by Crippen LogP contribution is -2.32. The number of para-hydroxylation sites is 1. The second-order valence-corrected chi connectivity index (χ2v) is 7.65. The van der Waals surface area contributed by atoms with Crippen LogP contribution in [0.4, 0.5) is 5.69 Å². The number of nitrogens with one attached hydrogen (secondary N) is 1. The van der Waals surface area contributed by atoms with Crippen LogP contribution in [0.5, 0.6) is 0 Å².